The molecule has 2 rings (SSSR count). The van der Waals surface area contributed by atoms with Crippen molar-refractivity contribution in [3.05, 3.63) is 28.2 Å². The predicted molar refractivity (Wildman–Crippen MR) is 86.1 cm³/mol. The maximum absolute atomic E-state index is 12.1. The Balaban J connectivity index is 1.98. The molecule has 1 fully saturated rings. The summed E-state index contributed by atoms with van der Waals surface area (Å²) in [4.78, 5) is 12.1. The molecule has 0 heterocycles. The lowest BCUT2D eigenvalue weighted by Gasteiger charge is -2.38. The van der Waals surface area contributed by atoms with Gasteiger partial charge in [-0.3, -0.25) is 0 Å². The van der Waals surface area contributed by atoms with Crippen LogP contribution in [-0.2, 0) is 0 Å². The van der Waals surface area contributed by atoms with Crippen molar-refractivity contribution < 1.29 is 9.90 Å². The maximum atomic E-state index is 12.1. The zero-order valence-corrected chi connectivity index (χ0v) is 13.5. The van der Waals surface area contributed by atoms with Crippen LogP contribution in [0.5, 0.6) is 0 Å². The summed E-state index contributed by atoms with van der Waals surface area (Å²) >= 11 is 11.8. The van der Waals surface area contributed by atoms with Gasteiger partial charge in [0.05, 0.1) is 22.2 Å². The highest BCUT2D eigenvalue weighted by atomic mass is 35.5. The van der Waals surface area contributed by atoms with Crippen LogP contribution in [-0.4, -0.2) is 23.3 Å². The van der Waals surface area contributed by atoms with Gasteiger partial charge in [-0.25, -0.2) is 4.79 Å². The van der Waals surface area contributed by atoms with E-state index in [0.717, 1.165) is 25.7 Å². The van der Waals surface area contributed by atoms with Gasteiger partial charge >= 0.3 is 6.03 Å². The molecule has 4 nitrogen and oxygen atoms in total. The number of amides is 2. The van der Waals surface area contributed by atoms with Crippen molar-refractivity contribution >= 4 is 34.9 Å². The second-order valence-electron chi connectivity index (χ2n) is 5.83. The number of carbonyl (C=O) groups is 1. The van der Waals surface area contributed by atoms with Crippen LogP contribution in [0.4, 0.5) is 10.5 Å². The van der Waals surface area contributed by atoms with Gasteiger partial charge in [0.2, 0.25) is 0 Å². The molecule has 1 aromatic rings. The van der Waals surface area contributed by atoms with Crippen LogP contribution >= 0.6 is 23.2 Å². The van der Waals surface area contributed by atoms with Gasteiger partial charge in [0.1, 0.15) is 0 Å². The first-order valence-corrected chi connectivity index (χ1v) is 7.85. The number of hydrogen-bond acceptors (Lipinski definition) is 2. The number of hydrogen-bond donors (Lipinski definition) is 3. The van der Waals surface area contributed by atoms with E-state index in [-0.39, 0.29) is 12.6 Å². The van der Waals surface area contributed by atoms with Gasteiger partial charge in [0.25, 0.3) is 0 Å². The van der Waals surface area contributed by atoms with Crippen LogP contribution in [0.15, 0.2) is 18.2 Å². The molecule has 2 amide bonds. The van der Waals surface area contributed by atoms with Crippen LogP contribution in [0, 0.1) is 5.92 Å². The number of benzene rings is 1. The van der Waals surface area contributed by atoms with E-state index in [9.17, 15) is 9.90 Å². The van der Waals surface area contributed by atoms with Crippen LogP contribution in [0.2, 0.25) is 10.0 Å². The van der Waals surface area contributed by atoms with Gasteiger partial charge in [-0.05, 0) is 49.8 Å². The largest absolute Gasteiger partial charge is 0.394 e. The molecule has 0 aliphatic heterocycles. The Morgan fingerprint density at radius 3 is 2.57 bits per heavy atom. The fourth-order valence-electron chi connectivity index (χ4n) is 2.61. The average molecular weight is 331 g/mol. The number of halogens is 2. The summed E-state index contributed by atoms with van der Waals surface area (Å²) in [6.07, 6.45) is 3.60. The number of aliphatic hydroxyl groups is 1. The molecule has 1 aliphatic rings. The van der Waals surface area contributed by atoms with E-state index < -0.39 is 5.54 Å². The Bertz CT molecular complexity index is 514. The molecule has 3 N–H and O–H groups in total. The van der Waals surface area contributed by atoms with Gasteiger partial charge in [-0.2, -0.15) is 0 Å². The number of rotatable bonds is 3. The molecule has 6 heteroatoms. The number of carbonyl (C=O) groups excluding carboxylic acids is 1. The Morgan fingerprint density at radius 2 is 2.00 bits per heavy atom. The van der Waals surface area contributed by atoms with Crippen molar-refractivity contribution in [1.29, 1.82) is 0 Å². The Morgan fingerprint density at radius 1 is 1.33 bits per heavy atom. The van der Waals surface area contributed by atoms with E-state index in [4.69, 9.17) is 23.2 Å². The van der Waals surface area contributed by atoms with Gasteiger partial charge in [0.15, 0.2) is 0 Å². The van der Waals surface area contributed by atoms with Gasteiger partial charge in [-0.15, -0.1) is 0 Å². The summed E-state index contributed by atoms with van der Waals surface area (Å²) in [7, 11) is 0. The van der Waals surface area contributed by atoms with Crippen molar-refractivity contribution in [2.45, 2.75) is 38.1 Å². The van der Waals surface area contributed by atoms with Crippen LogP contribution in [0.25, 0.3) is 0 Å². The number of aliphatic hydroxyl groups excluding tert-OH is 1. The molecule has 0 saturated heterocycles. The molecule has 21 heavy (non-hydrogen) atoms. The topological polar surface area (TPSA) is 61.4 Å². The van der Waals surface area contributed by atoms with E-state index in [2.05, 4.69) is 17.6 Å². The average Bonchev–Trinajstić information content (AvgIpc) is 2.46. The highest BCUT2D eigenvalue weighted by Crippen LogP contribution is 2.32. The first-order chi connectivity index (χ1) is 9.94. The zero-order valence-electron chi connectivity index (χ0n) is 12.0. The summed E-state index contributed by atoms with van der Waals surface area (Å²) in [5, 5.41) is 16.1. The molecule has 1 saturated carbocycles. The molecular formula is C15H20Cl2N2O2. The zero-order chi connectivity index (χ0) is 15.5. The van der Waals surface area contributed by atoms with E-state index in [0.29, 0.717) is 21.7 Å². The smallest absolute Gasteiger partial charge is 0.319 e. The summed E-state index contributed by atoms with van der Waals surface area (Å²) in [5.41, 5.74) is 0.0477. The van der Waals surface area contributed by atoms with Gasteiger partial charge in [-0.1, -0.05) is 30.1 Å². The molecule has 116 valence electrons. The molecule has 0 atom stereocenters. The van der Waals surface area contributed by atoms with E-state index in [1.54, 1.807) is 18.2 Å². The quantitative estimate of drug-likeness (QED) is 0.782. The summed E-state index contributed by atoms with van der Waals surface area (Å²) < 4.78 is 0. The number of urea groups is 1. The third-order valence-corrected chi connectivity index (χ3v) is 4.83. The fraction of sp³-hybridized carbons (Fsp3) is 0.533. The van der Waals surface area contributed by atoms with Crippen molar-refractivity contribution in [2.75, 3.05) is 11.9 Å². The van der Waals surface area contributed by atoms with E-state index in [1.165, 1.54) is 0 Å². The minimum absolute atomic E-state index is 0.0471. The van der Waals surface area contributed by atoms with Crippen LogP contribution in [0.3, 0.4) is 0 Å². The molecule has 0 unspecified atom stereocenters. The van der Waals surface area contributed by atoms with Crippen LogP contribution < -0.4 is 10.6 Å². The standard InChI is InChI=1S/C15H20Cl2N2O2/c1-10-4-6-15(9-20,7-5-10)19-14(21)18-11-2-3-12(16)13(17)8-11/h2-3,8,10,20H,4-7,9H2,1H3,(H2,18,19,21). The molecule has 1 aromatic carbocycles. The van der Waals surface area contributed by atoms with E-state index >= 15 is 0 Å². The molecule has 0 bridgehead atoms. The van der Waals surface area contributed by atoms with Crippen molar-refractivity contribution in [3.8, 4) is 0 Å². The molecular weight excluding hydrogens is 311 g/mol. The highest BCUT2D eigenvalue weighted by Gasteiger charge is 2.35. The van der Waals surface area contributed by atoms with E-state index in [1.807, 2.05) is 0 Å². The minimum Gasteiger partial charge on any atom is -0.394 e. The Hall–Kier alpha value is -0.970. The third-order valence-electron chi connectivity index (χ3n) is 4.09. The molecule has 0 radical (unpaired) electrons. The van der Waals surface area contributed by atoms with Crippen LogP contribution in [0.1, 0.15) is 32.6 Å². The van der Waals surface area contributed by atoms with Crippen molar-refractivity contribution in [2.24, 2.45) is 5.92 Å². The second-order valence-corrected chi connectivity index (χ2v) is 6.64. The minimum atomic E-state index is -0.521. The normalized spacial score (nSPS) is 25.4. The number of nitrogens with one attached hydrogen (secondary N) is 2. The van der Waals surface area contributed by atoms with Crippen molar-refractivity contribution in [3.63, 3.8) is 0 Å². The monoisotopic (exact) mass is 330 g/mol. The Kier molecular flexibility index (Phi) is 5.36. The molecule has 0 spiro atoms. The lowest BCUT2D eigenvalue weighted by Crippen LogP contribution is -2.54. The van der Waals surface area contributed by atoms with Gasteiger partial charge in [0, 0.05) is 5.69 Å². The first-order valence-electron chi connectivity index (χ1n) is 7.09. The lowest BCUT2D eigenvalue weighted by molar-refractivity contribution is 0.113. The lowest BCUT2D eigenvalue weighted by atomic mass is 9.77. The fourth-order valence-corrected chi connectivity index (χ4v) is 2.91. The molecule has 1 aliphatic carbocycles. The SMILES string of the molecule is CC1CCC(CO)(NC(=O)Nc2ccc(Cl)c(Cl)c2)CC1. The highest BCUT2D eigenvalue weighted by molar-refractivity contribution is 6.42. The number of anilines is 1. The maximum Gasteiger partial charge on any atom is 0.319 e. The summed E-state index contributed by atoms with van der Waals surface area (Å²) in [6, 6.07) is 4.57. The predicted octanol–water partition coefficient (Wildman–Crippen LogP) is 4.06. The second kappa shape index (κ2) is 6.86. The summed E-state index contributed by atoms with van der Waals surface area (Å²) in [6.45, 7) is 2.14. The Labute approximate surface area is 134 Å². The third kappa shape index (κ3) is 4.25. The first kappa shape index (κ1) is 16.4. The molecule has 0 aromatic heterocycles. The van der Waals surface area contributed by atoms with Gasteiger partial charge < -0.3 is 15.7 Å². The summed E-state index contributed by atoms with van der Waals surface area (Å²) in [5.74, 6) is 0.643. The van der Waals surface area contributed by atoms with Crippen molar-refractivity contribution in [1.82, 2.24) is 5.32 Å².